The van der Waals surface area contributed by atoms with Crippen molar-refractivity contribution in [1.29, 1.82) is 0 Å². The van der Waals surface area contributed by atoms with E-state index in [2.05, 4.69) is 26.2 Å². The first-order valence-electron chi connectivity index (χ1n) is 5.25. The lowest BCUT2D eigenvalue weighted by molar-refractivity contribution is 0.0952. The van der Waals surface area contributed by atoms with Crippen LogP contribution in [0.3, 0.4) is 0 Å². The predicted octanol–water partition coefficient (Wildman–Crippen LogP) is 2.08. The zero-order valence-corrected chi connectivity index (χ0v) is 10.7. The van der Waals surface area contributed by atoms with Crippen molar-refractivity contribution in [3.8, 4) is 0 Å². The Kier molecular flexibility index (Phi) is 3.93. The average molecular weight is 294 g/mol. The maximum Gasteiger partial charge on any atom is 0.251 e. The second kappa shape index (κ2) is 5.63. The molecule has 0 spiro atoms. The van der Waals surface area contributed by atoms with E-state index in [9.17, 15) is 4.79 Å². The molecular formula is C12H12BrN3O. The van der Waals surface area contributed by atoms with Crippen LogP contribution in [0.5, 0.6) is 0 Å². The van der Waals surface area contributed by atoms with Crippen LogP contribution in [-0.2, 0) is 6.54 Å². The SMILES string of the molecule is O=C(NCCn1ccnc1)c1ccc(Br)cc1. The predicted molar refractivity (Wildman–Crippen MR) is 68.7 cm³/mol. The zero-order valence-electron chi connectivity index (χ0n) is 9.14. The van der Waals surface area contributed by atoms with E-state index in [1.807, 2.05) is 22.9 Å². The Balaban J connectivity index is 1.83. The van der Waals surface area contributed by atoms with Crippen molar-refractivity contribution >= 4 is 21.8 Å². The van der Waals surface area contributed by atoms with Gasteiger partial charge in [0.2, 0.25) is 0 Å². The largest absolute Gasteiger partial charge is 0.350 e. The van der Waals surface area contributed by atoms with Crippen molar-refractivity contribution in [3.05, 3.63) is 53.0 Å². The number of nitrogens with zero attached hydrogens (tertiary/aromatic N) is 2. The number of carbonyl (C=O) groups excluding carboxylic acids is 1. The summed E-state index contributed by atoms with van der Waals surface area (Å²) in [6.45, 7) is 1.31. The molecule has 0 unspecified atom stereocenters. The van der Waals surface area contributed by atoms with Crippen molar-refractivity contribution in [3.63, 3.8) is 0 Å². The molecule has 0 fully saturated rings. The van der Waals surface area contributed by atoms with Crippen LogP contribution in [0.2, 0.25) is 0 Å². The van der Waals surface area contributed by atoms with Gasteiger partial charge in [-0.3, -0.25) is 4.79 Å². The van der Waals surface area contributed by atoms with Gasteiger partial charge in [0.15, 0.2) is 0 Å². The highest BCUT2D eigenvalue weighted by Crippen LogP contribution is 2.10. The molecule has 0 atom stereocenters. The molecule has 1 N–H and O–H groups in total. The second-order valence-electron chi connectivity index (χ2n) is 3.56. The molecular weight excluding hydrogens is 282 g/mol. The number of rotatable bonds is 4. The van der Waals surface area contributed by atoms with Gasteiger partial charge in [0.25, 0.3) is 5.91 Å². The highest BCUT2D eigenvalue weighted by Gasteiger charge is 2.03. The smallest absolute Gasteiger partial charge is 0.251 e. The summed E-state index contributed by atoms with van der Waals surface area (Å²) < 4.78 is 2.88. The van der Waals surface area contributed by atoms with E-state index in [4.69, 9.17) is 0 Å². The molecule has 0 radical (unpaired) electrons. The number of nitrogens with one attached hydrogen (secondary N) is 1. The monoisotopic (exact) mass is 293 g/mol. The van der Waals surface area contributed by atoms with Crippen LogP contribution >= 0.6 is 15.9 Å². The van der Waals surface area contributed by atoms with Crippen LogP contribution < -0.4 is 5.32 Å². The van der Waals surface area contributed by atoms with E-state index in [1.54, 1.807) is 24.7 Å². The molecule has 17 heavy (non-hydrogen) atoms. The summed E-state index contributed by atoms with van der Waals surface area (Å²) in [5, 5.41) is 2.85. The van der Waals surface area contributed by atoms with Crippen LogP contribution in [0.4, 0.5) is 0 Å². The van der Waals surface area contributed by atoms with Crippen LogP contribution in [0.25, 0.3) is 0 Å². The Hall–Kier alpha value is -1.62. The third-order valence-electron chi connectivity index (χ3n) is 2.32. The van der Waals surface area contributed by atoms with Crippen LogP contribution in [0.1, 0.15) is 10.4 Å². The standard InChI is InChI=1S/C12H12BrN3O/c13-11-3-1-10(2-4-11)12(17)15-6-8-16-7-5-14-9-16/h1-5,7,9H,6,8H2,(H,15,17). The average Bonchev–Trinajstić information content (AvgIpc) is 2.83. The van der Waals surface area contributed by atoms with Crippen LogP contribution in [0, 0.1) is 0 Å². The Morgan fingerprint density at radius 1 is 1.35 bits per heavy atom. The zero-order chi connectivity index (χ0) is 12.1. The third kappa shape index (κ3) is 3.42. The summed E-state index contributed by atoms with van der Waals surface area (Å²) in [7, 11) is 0. The number of hydrogen-bond donors (Lipinski definition) is 1. The van der Waals surface area contributed by atoms with Crippen molar-refractivity contribution in [1.82, 2.24) is 14.9 Å². The first-order valence-corrected chi connectivity index (χ1v) is 6.04. The van der Waals surface area contributed by atoms with Crippen molar-refractivity contribution in [2.75, 3.05) is 6.54 Å². The Bertz CT molecular complexity index is 479. The number of halogens is 1. The minimum atomic E-state index is -0.0578. The Morgan fingerprint density at radius 2 is 2.12 bits per heavy atom. The Labute approximate surface area is 108 Å². The number of hydrogen-bond acceptors (Lipinski definition) is 2. The van der Waals surface area contributed by atoms with E-state index in [1.165, 1.54) is 0 Å². The minimum absolute atomic E-state index is 0.0578. The van der Waals surface area contributed by atoms with Gasteiger partial charge in [0.1, 0.15) is 0 Å². The highest BCUT2D eigenvalue weighted by molar-refractivity contribution is 9.10. The molecule has 1 aromatic carbocycles. The number of imidazole rings is 1. The highest BCUT2D eigenvalue weighted by atomic mass is 79.9. The number of aromatic nitrogens is 2. The van der Waals surface area contributed by atoms with E-state index in [0.717, 1.165) is 11.0 Å². The molecule has 1 heterocycles. The maximum atomic E-state index is 11.7. The fraction of sp³-hybridized carbons (Fsp3) is 0.167. The lowest BCUT2D eigenvalue weighted by atomic mass is 10.2. The van der Waals surface area contributed by atoms with Crippen molar-refractivity contribution < 1.29 is 4.79 Å². The van der Waals surface area contributed by atoms with Gasteiger partial charge in [-0.1, -0.05) is 15.9 Å². The molecule has 0 aliphatic carbocycles. The molecule has 0 aliphatic rings. The topological polar surface area (TPSA) is 46.9 Å². The summed E-state index contributed by atoms with van der Waals surface area (Å²) >= 11 is 3.33. The first kappa shape index (κ1) is 11.9. The molecule has 1 amide bonds. The molecule has 88 valence electrons. The lowest BCUT2D eigenvalue weighted by Crippen LogP contribution is -2.26. The molecule has 0 saturated heterocycles. The van der Waals surface area contributed by atoms with E-state index in [0.29, 0.717) is 12.1 Å². The fourth-order valence-corrected chi connectivity index (χ4v) is 1.69. The van der Waals surface area contributed by atoms with Crippen molar-refractivity contribution in [2.45, 2.75) is 6.54 Å². The molecule has 1 aromatic heterocycles. The molecule has 0 saturated carbocycles. The minimum Gasteiger partial charge on any atom is -0.350 e. The van der Waals surface area contributed by atoms with Gasteiger partial charge in [-0.05, 0) is 24.3 Å². The van der Waals surface area contributed by atoms with E-state index >= 15 is 0 Å². The lowest BCUT2D eigenvalue weighted by Gasteiger charge is -2.05. The Morgan fingerprint density at radius 3 is 2.76 bits per heavy atom. The van der Waals surface area contributed by atoms with Gasteiger partial charge in [-0.15, -0.1) is 0 Å². The van der Waals surface area contributed by atoms with Gasteiger partial charge < -0.3 is 9.88 Å². The normalized spacial score (nSPS) is 10.2. The maximum absolute atomic E-state index is 11.7. The summed E-state index contributed by atoms with van der Waals surface area (Å²) in [4.78, 5) is 15.7. The molecule has 2 rings (SSSR count). The van der Waals surface area contributed by atoms with Gasteiger partial charge >= 0.3 is 0 Å². The summed E-state index contributed by atoms with van der Waals surface area (Å²) in [5.74, 6) is -0.0578. The van der Waals surface area contributed by atoms with Crippen LogP contribution in [0.15, 0.2) is 47.5 Å². The van der Waals surface area contributed by atoms with Gasteiger partial charge in [0.05, 0.1) is 6.33 Å². The van der Waals surface area contributed by atoms with Gasteiger partial charge in [0, 0.05) is 35.5 Å². The van der Waals surface area contributed by atoms with E-state index < -0.39 is 0 Å². The summed E-state index contributed by atoms with van der Waals surface area (Å²) in [6, 6.07) is 7.28. The quantitative estimate of drug-likeness (QED) is 0.938. The van der Waals surface area contributed by atoms with Gasteiger partial charge in [-0.25, -0.2) is 4.98 Å². The number of amides is 1. The molecule has 0 aliphatic heterocycles. The third-order valence-corrected chi connectivity index (χ3v) is 2.85. The molecule has 4 nitrogen and oxygen atoms in total. The van der Waals surface area contributed by atoms with E-state index in [-0.39, 0.29) is 5.91 Å². The number of carbonyl (C=O) groups is 1. The number of benzene rings is 1. The van der Waals surface area contributed by atoms with Gasteiger partial charge in [-0.2, -0.15) is 0 Å². The summed E-state index contributed by atoms with van der Waals surface area (Å²) in [6.07, 6.45) is 5.31. The first-order chi connectivity index (χ1) is 8.25. The van der Waals surface area contributed by atoms with Crippen molar-refractivity contribution in [2.24, 2.45) is 0 Å². The van der Waals surface area contributed by atoms with Crippen LogP contribution in [-0.4, -0.2) is 22.0 Å². The summed E-state index contributed by atoms with van der Waals surface area (Å²) in [5.41, 5.74) is 0.666. The second-order valence-corrected chi connectivity index (χ2v) is 4.48. The molecule has 5 heteroatoms. The molecule has 2 aromatic rings. The fourth-order valence-electron chi connectivity index (χ4n) is 1.42. The molecule has 0 bridgehead atoms.